The molecule has 0 heterocycles. The Morgan fingerprint density at radius 1 is 0.594 bits per heavy atom. The van der Waals surface area contributed by atoms with E-state index >= 15 is 0 Å². The van der Waals surface area contributed by atoms with E-state index in [0.717, 1.165) is 36.8 Å². The molecule has 0 saturated carbocycles. The molecule has 0 saturated heterocycles. The molecule has 0 spiro atoms. The second-order valence-electron chi connectivity index (χ2n) is 17.1. The van der Waals surface area contributed by atoms with Crippen LogP contribution >= 0.6 is 7.82 Å². The van der Waals surface area contributed by atoms with Crippen LogP contribution in [0.15, 0.2) is 48.5 Å². The maximum Gasteiger partial charge on any atom is 1.00 e. The average molecular weight is 927 g/mol. The normalized spacial score (nSPS) is 13.2. The van der Waals surface area contributed by atoms with E-state index in [1.165, 1.54) is 128 Å². The molecule has 0 aliphatic rings. The fourth-order valence-corrected chi connectivity index (χ4v) is 8.12. The summed E-state index contributed by atoms with van der Waals surface area (Å²) in [6, 6.07) is 16.1. The van der Waals surface area contributed by atoms with Gasteiger partial charge in [-0.1, -0.05) is 179 Å². The summed E-state index contributed by atoms with van der Waals surface area (Å²) in [6.07, 6.45) is 28.5. The van der Waals surface area contributed by atoms with Crippen LogP contribution in [0.25, 0.3) is 11.1 Å². The van der Waals surface area contributed by atoms with Gasteiger partial charge >= 0.3 is 41.5 Å². The minimum Gasteiger partial charge on any atom is -0.756 e. The zero-order valence-electron chi connectivity index (χ0n) is 40.1. The summed E-state index contributed by atoms with van der Waals surface area (Å²) in [6.45, 7) is 3.26. The molecule has 0 aliphatic heterocycles. The van der Waals surface area contributed by atoms with Crippen LogP contribution in [0, 0.1) is 0 Å². The van der Waals surface area contributed by atoms with E-state index in [9.17, 15) is 24.2 Å². The first-order valence-corrected chi connectivity index (χ1v) is 26.2. The number of benzene rings is 2. The van der Waals surface area contributed by atoms with Crippen molar-refractivity contribution < 1.29 is 82.1 Å². The molecule has 0 fully saturated rings. The van der Waals surface area contributed by atoms with Gasteiger partial charge < -0.3 is 38.4 Å². The second-order valence-corrected chi connectivity index (χ2v) is 18.5. The fraction of sp³-hybridized carbons (Fsp3) is 0.725. The van der Waals surface area contributed by atoms with Gasteiger partial charge in [-0.3, -0.25) is 9.36 Å². The third kappa shape index (κ3) is 32.1. The summed E-state index contributed by atoms with van der Waals surface area (Å²) in [5.41, 5.74) is 3.96. The zero-order chi connectivity index (χ0) is 45.6. The minimum absolute atomic E-state index is 0. The number of phosphoric acid groups is 1. The second kappa shape index (κ2) is 40.4. The van der Waals surface area contributed by atoms with E-state index < -0.39 is 51.8 Å². The van der Waals surface area contributed by atoms with E-state index in [2.05, 4.69) is 42.6 Å². The number of phosphoric ester groups is 1. The molecule has 0 aromatic heterocycles. The molecule has 2 N–H and O–H groups in total. The topological polar surface area (TPSA) is 161 Å². The summed E-state index contributed by atoms with van der Waals surface area (Å²) >= 11 is 0. The first kappa shape index (κ1) is 60.4. The maximum atomic E-state index is 12.7. The Labute approximate surface area is 409 Å². The smallest absolute Gasteiger partial charge is 0.756 e. The molecule has 0 radical (unpaired) electrons. The summed E-state index contributed by atoms with van der Waals surface area (Å²) in [5.74, 6) is -0.931. The summed E-state index contributed by atoms with van der Waals surface area (Å²) in [5, 5.41) is 18.4. The third-order valence-electron chi connectivity index (χ3n) is 11.3. The van der Waals surface area contributed by atoms with Crippen LogP contribution in [0.3, 0.4) is 0 Å². The molecular formula is C51H84NaO11P. The quantitative estimate of drug-likeness (QED) is 0.0283. The minimum atomic E-state index is -4.83. The number of rotatable bonds is 42. The van der Waals surface area contributed by atoms with Gasteiger partial charge in [-0.2, -0.15) is 0 Å². The van der Waals surface area contributed by atoms with Crippen molar-refractivity contribution in [2.75, 3.05) is 39.6 Å². The number of unbranched alkanes of at least 4 members (excludes halogenated alkanes) is 22. The number of aryl methyl sites for hydroxylation is 1. The molecular weight excluding hydrogens is 843 g/mol. The molecule has 2 rings (SSSR count). The van der Waals surface area contributed by atoms with Gasteiger partial charge in [0.2, 0.25) is 0 Å². The number of aliphatic hydroxyl groups is 2. The van der Waals surface area contributed by atoms with Crippen LogP contribution in [0.4, 0.5) is 0 Å². The molecule has 0 amide bonds. The molecule has 11 nitrogen and oxygen atoms in total. The molecule has 0 aliphatic carbocycles. The Bertz CT molecular complexity index is 1460. The summed E-state index contributed by atoms with van der Waals surface area (Å²) in [7, 11) is -4.83. The molecule has 3 atom stereocenters. The van der Waals surface area contributed by atoms with Crippen LogP contribution in [0.1, 0.15) is 197 Å². The predicted molar refractivity (Wildman–Crippen MR) is 251 cm³/mol. The van der Waals surface area contributed by atoms with E-state index in [4.69, 9.17) is 23.8 Å². The van der Waals surface area contributed by atoms with Crippen LogP contribution < -0.4 is 34.5 Å². The number of aliphatic hydroxyl groups excluding tert-OH is 2. The fourth-order valence-electron chi connectivity index (χ4n) is 7.34. The van der Waals surface area contributed by atoms with Crippen LogP contribution in [-0.2, 0) is 39.0 Å². The monoisotopic (exact) mass is 927 g/mol. The van der Waals surface area contributed by atoms with Gasteiger partial charge in [-0.15, -0.1) is 0 Å². The Morgan fingerprint density at radius 3 is 1.58 bits per heavy atom. The van der Waals surface area contributed by atoms with E-state index in [1.807, 2.05) is 12.1 Å². The van der Waals surface area contributed by atoms with Gasteiger partial charge in [0, 0.05) is 13.0 Å². The van der Waals surface area contributed by atoms with Gasteiger partial charge in [0.15, 0.2) is 0 Å². The number of esters is 2. The molecule has 360 valence electrons. The molecule has 64 heavy (non-hydrogen) atoms. The summed E-state index contributed by atoms with van der Waals surface area (Å²) < 4.78 is 38.5. The van der Waals surface area contributed by atoms with Crippen molar-refractivity contribution >= 4 is 19.8 Å². The van der Waals surface area contributed by atoms with Crippen molar-refractivity contribution in [3.8, 4) is 11.1 Å². The van der Waals surface area contributed by atoms with Crippen LogP contribution in [0.5, 0.6) is 0 Å². The molecule has 2 aromatic rings. The van der Waals surface area contributed by atoms with Crippen molar-refractivity contribution in [2.24, 2.45) is 0 Å². The van der Waals surface area contributed by atoms with E-state index in [-0.39, 0.29) is 49.2 Å². The number of ether oxygens (including phenoxy) is 3. The van der Waals surface area contributed by atoms with Crippen molar-refractivity contribution in [1.82, 2.24) is 0 Å². The Balaban J connectivity index is 0.0000205. The standard InChI is InChI=1S/C51H85O11P.Na/c1-3-5-7-9-11-12-13-14-15-16-17-18-19-20-22-26-38-58-42-49(43-61-63(56,57)60-41-48(53)40-52)62-50(54)29-25-23-27-39-59-51(55)47-36-34-46(35-37-47)45-32-30-44(31-33-45)28-24-21-10-8-6-4-2;/h30-37,48-49,52-53H,3-29,38-43H2,1-2H3,(H,56,57);/q;+1/p-1/t48-,49+;/m0./s1. The van der Waals surface area contributed by atoms with Crippen molar-refractivity contribution in [1.29, 1.82) is 0 Å². The zero-order valence-corrected chi connectivity index (χ0v) is 43.0. The van der Waals surface area contributed by atoms with Gasteiger partial charge in [0.05, 0.1) is 38.6 Å². The molecule has 13 heteroatoms. The van der Waals surface area contributed by atoms with Crippen LogP contribution in [0.2, 0.25) is 0 Å². The summed E-state index contributed by atoms with van der Waals surface area (Å²) in [4.78, 5) is 37.6. The molecule has 0 bridgehead atoms. The first-order valence-electron chi connectivity index (χ1n) is 24.7. The van der Waals surface area contributed by atoms with Gasteiger partial charge in [-0.05, 0) is 67.3 Å². The van der Waals surface area contributed by atoms with Crippen molar-refractivity contribution in [3.63, 3.8) is 0 Å². The predicted octanol–water partition coefficient (Wildman–Crippen LogP) is 9.02. The number of hydrogen-bond donors (Lipinski definition) is 2. The molecule has 1 unspecified atom stereocenters. The Hall–Kier alpha value is -1.63. The van der Waals surface area contributed by atoms with Crippen molar-refractivity contribution in [3.05, 3.63) is 59.7 Å². The number of carbonyl (C=O) groups excluding carboxylic acids is 2. The van der Waals surface area contributed by atoms with Gasteiger partial charge in [0.1, 0.15) is 12.2 Å². The van der Waals surface area contributed by atoms with Crippen molar-refractivity contribution in [2.45, 2.75) is 199 Å². The number of carbonyl (C=O) groups is 2. The van der Waals surface area contributed by atoms with E-state index in [1.54, 1.807) is 12.1 Å². The van der Waals surface area contributed by atoms with E-state index in [0.29, 0.717) is 31.4 Å². The van der Waals surface area contributed by atoms with Gasteiger partial charge in [0.25, 0.3) is 7.82 Å². The average Bonchev–Trinajstić information content (AvgIpc) is 3.29. The SMILES string of the molecule is CCCCCCCCCCCCCCCCCCOC[C@H](COP(=O)([O-])OC[C@@H](O)CO)OC(=O)CCCCCOC(=O)c1ccc(-c2ccc(CCCCCCCC)cc2)cc1.[Na+]. The Kier molecular flexibility index (Phi) is 38.2. The third-order valence-corrected chi connectivity index (χ3v) is 12.2. The number of hydrogen-bond acceptors (Lipinski definition) is 11. The first-order chi connectivity index (χ1) is 30.7. The van der Waals surface area contributed by atoms with Crippen LogP contribution in [-0.4, -0.2) is 74.0 Å². The largest absolute Gasteiger partial charge is 1.00 e. The molecule has 2 aromatic carbocycles. The Morgan fingerprint density at radius 2 is 1.05 bits per heavy atom. The maximum absolute atomic E-state index is 12.7. The van der Waals surface area contributed by atoms with Gasteiger partial charge in [-0.25, -0.2) is 4.79 Å².